The predicted molar refractivity (Wildman–Crippen MR) is 23.0 cm³/mol. The van der Waals surface area contributed by atoms with Crippen molar-refractivity contribution in [2.45, 2.75) is 0 Å². The zero-order valence-electron chi connectivity index (χ0n) is 3.47. The third-order valence-corrected chi connectivity index (χ3v) is 0.383. The number of amides is 1. The van der Waals surface area contributed by atoms with Gasteiger partial charge >= 0.3 is 0 Å². The van der Waals surface area contributed by atoms with E-state index in [0.717, 1.165) is 0 Å². The van der Waals surface area contributed by atoms with E-state index in [1.54, 1.807) is 0 Å². The number of primary amides is 1. The average molecular weight is 100 g/mol. The molecule has 0 rings (SSSR count). The van der Waals surface area contributed by atoms with Crippen LogP contribution in [0.15, 0.2) is 0 Å². The van der Waals surface area contributed by atoms with E-state index in [1.165, 1.54) is 0 Å². The molecule has 7 heavy (non-hydrogen) atoms. The van der Waals surface area contributed by atoms with Crippen LogP contribution in [-0.4, -0.2) is 17.9 Å². The van der Waals surface area contributed by atoms with Gasteiger partial charge in [0, 0.05) is 0 Å². The van der Waals surface area contributed by atoms with Gasteiger partial charge in [-0.1, -0.05) is 0 Å². The van der Waals surface area contributed by atoms with Crippen molar-refractivity contribution in [3.8, 4) is 0 Å². The molecule has 0 spiro atoms. The van der Waals surface area contributed by atoms with Crippen LogP contribution in [0.2, 0.25) is 0 Å². The molecule has 0 aromatic heterocycles. The maximum absolute atomic E-state index is 9.70. The fourth-order valence-electron chi connectivity index (χ4n) is 0.0581. The highest BCUT2D eigenvalue weighted by Gasteiger charge is 1.97. The van der Waals surface area contributed by atoms with Crippen LogP contribution in [0.3, 0.4) is 0 Å². The highest BCUT2D eigenvalue weighted by Crippen LogP contribution is 1.57. The van der Waals surface area contributed by atoms with Gasteiger partial charge in [0.1, 0.15) is 0 Å². The van der Waals surface area contributed by atoms with Crippen molar-refractivity contribution in [1.82, 2.24) is 0 Å². The third kappa shape index (κ3) is 1.64. The summed E-state index contributed by atoms with van der Waals surface area (Å²) >= 11 is 0. The molecule has 4 nitrogen and oxygen atoms in total. The Morgan fingerprint density at radius 1 is 1.71 bits per heavy atom. The number of aldehydes is 1. The van der Waals surface area contributed by atoms with Crippen LogP contribution in [-0.2, 0) is 9.59 Å². The van der Waals surface area contributed by atoms with Gasteiger partial charge in [0.25, 0.3) is 5.91 Å². The molecule has 0 aromatic carbocycles. The Bertz CT molecular complexity index is 118. The summed E-state index contributed by atoms with van der Waals surface area (Å²) in [4.78, 5) is 19.1. The van der Waals surface area contributed by atoms with E-state index in [2.05, 4.69) is 5.73 Å². The van der Waals surface area contributed by atoms with Crippen molar-refractivity contribution >= 4 is 17.9 Å². The Hall–Kier alpha value is -1.19. The van der Waals surface area contributed by atoms with Gasteiger partial charge in [-0.25, -0.2) is 0 Å². The predicted octanol–water partition coefficient (Wildman–Crippen LogP) is -1.31. The number of nitrogens with two attached hydrogens (primary N) is 1. The summed E-state index contributed by atoms with van der Waals surface area (Å²) in [5.41, 5.74) is 3.76. The third-order valence-electron chi connectivity index (χ3n) is 0.383. The number of rotatable bonds is 2. The van der Waals surface area contributed by atoms with Crippen molar-refractivity contribution in [2.75, 3.05) is 0 Å². The molecule has 0 aliphatic rings. The fraction of sp³-hybridized carbons (Fsp3) is 0. The molecule has 0 fully saturated rings. The second-order valence-corrected chi connectivity index (χ2v) is 0.896. The summed E-state index contributed by atoms with van der Waals surface area (Å²) in [6, 6.07) is 0. The summed E-state index contributed by atoms with van der Waals surface area (Å²) in [5.74, 6) is -0.991. The van der Waals surface area contributed by atoms with Crippen molar-refractivity contribution in [2.24, 2.45) is 5.73 Å². The Labute approximate surface area is 39.8 Å². The minimum atomic E-state index is -0.991. The first-order chi connectivity index (χ1) is 3.18. The smallest absolute Gasteiger partial charge is 0.269 e. The topological polar surface area (TPSA) is 84.0 Å². The molecule has 0 saturated carbocycles. The second kappa shape index (κ2) is 2.07. The van der Waals surface area contributed by atoms with Gasteiger partial charge in [-0.05, 0) is 0 Å². The molecule has 0 heterocycles. The molecule has 0 aliphatic heterocycles. The van der Waals surface area contributed by atoms with E-state index in [0.29, 0.717) is 0 Å². The molecule has 38 valence electrons. The monoisotopic (exact) mass is 100 g/mol. The molecule has 3 N–H and O–H groups in total. The molecule has 0 unspecified atom stereocenters. The lowest BCUT2D eigenvalue weighted by molar-refractivity contribution is -0.113. The molecule has 0 saturated heterocycles. The molecule has 1 amide bonds. The van der Waals surface area contributed by atoms with Crippen LogP contribution in [0.1, 0.15) is 0 Å². The first kappa shape index (κ1) is 5.81. The van der Waals surface area contributed by atoms with Gasteiger partial charge in [-0.3, -0.25) is 15.0 Å². The lowest BCUT2D eigenvalue weighted by Crippen LogP contribution is -2.22. The van der Waals surface area contributed by atoms with Gasteiger partial charge in [0.05, 0.1) is 0 Å². The minimum absolute atomic E-state index is 0.0995. The van der Waals surface area contributed by atoms with E-state index in [4.69, 9.17) is 5.41 Å². The van der Waals surface area contributed by atoms with Gasteiger partial charge < -0.3 is 5.73 Å². The lowest BCUT2D eigenvalue weighted by atomic mass is 10.4. The van der Waals surface area contributed by atoms with Gasteiger partial charge in [0.2, 0.25) is 0 Å². The van der Waals surface area contributed by atoms with Gasteiger partial charge in [0.15, 0.2) is 12.0 Å². The van der Waals surface area contributed by atoms with Crippen LogP contribution in [0.4, 0.5) is 0 Å². The van der Waals surface area contributed by atoms with Crippen molar-refractivity contribution in [3.63, 3.8) is 0 Å². The van der Waals surface area contributed by atoms with Gasteiger partial charge in [-0.15, -0.1) is 0 Å². The van der Waals surface area contributed by atoms with E-state index in [9.17, 15) is 9.59 Å². The first-order valence-electron chi connectivity index (χ1n) is 1.52. The van der Waals surface area contributed by atoms with Crippen LogP contribution in [0.5, 0.6) is 0 Å². The van der Waals surface area contributed by atoms with Crippen molar-refractivity contribution < 1.29 is 9.59 Å². The van der Waals surface area contributed by atoms with E-state index in [1.807, 2.05) is 0 Å². The highest BCUT2D eigenvalue weighted by molar-refractivity contribution is 6.58. The first-order valence-corrected chi connectivity index (χ1v) is 1.52. The summed E-state index contributed by atoms with van der Waals surface area (Å²) in [6.07, 6.45) is 0.0995. The Morgan fingerprint density at radius 3 is 2.14 bits per heavy atom. The maximum atomic E-state index is 9.70. The summed E-state index contributed by atoms with van der Waals surface area (Å²) < 4.78 is 0. The maximum Gasteiger partial charge on any atom is 0.269 e. The van der Waals surface area contributed by atoms with Crippen molar-refractivity contribution in [1.29, 1.82) is 5.41 Å². The van der Waals surface area contributed by atoms with Crippen molar-refractivity contribution in [3.05, 3.63) is 0 Å². The quantitative estimate of drug-likeness (QED) is 0.256. The number of hydrogen-bond acceptors (Lipinski definition) is 3. The molecule has 0 atom stereocenters. The molecule has 0 radical (unpaired) electrons. The molecular weight excluding hydrogens is 96.0 g/mol. The lowest BCUT2D eigenvalue weighted by Gasteiger charge is -1.78. The second-order valence-electron chi connectivity index (χ2n) is 0.896. The summed E-state index contributed by atoms with van der Waals surface area (Å²) in [7, 11) is 0. The largest absolute Gasteiger partial charge is 0.364 e. The minimum Gasteiger partial charge on any atom is -0.364 e. The van der Waals surface area contributed by atoms with Crippen LogP contribution < -0.4 is 5.73 Å². The standard InChI is InChI=1S/C3H4N2O2/c4-2(1-6)3(5)7/h1,4H,(H2,5,7). The normalized spacial score (nSPS) is 7.43. The van der Waals surface area contributed by atoms with E-state index >= 15 is 0 Å². The Kier molecular flexibility index (Phi) is 1.72. The molecular formula is C3H4N2O2. The Morgan fingerprint density at radius 2 is 2.14 bits per heavy atom. The van der Waals surface area contributed by atoms with E-state index in [-0.39, 0.29) is 6.29 Å². The molecule has 0 aromatic rings. The Balaban J connectivity index is 3.81. The number of carbonyl (C=O) groups is 2. The van der Waals surface area contributed by atoms with Gasteiger partial charge in [-0.2, -0.15) is 0 Å². The molecule has 0 bridgehead atoms. The van der Waals surface area contributed by atoms with Crippen LogP contribution in [0, 0.1) is 5.41 Å². The SMILES string of the molecule is N=C(C=O)C(N)=O. The summed E-state index contributed by atoms with van der Waals surface area (Å²) in [5, 5.41) is 6.35. The zero-order valence-corrected chi connectivity index (χ0v) is 3.47. The van der Waals surface area contributed by atoms with Crippen LogP contribution in [0.25, 0.3) is 0 Å². The van der Waals surface area contributed by atoms with Crippen LogP contribution >= 0.6 is 0 Å². The average Bonchev–Trinajstić information content (AvgIpc) is 1.65. The van der Waals surface area contributed by atoms with E-state index < -0.39 is 11.6 Å². The number of carbonyl (C=O) groups excluding carboxylic acids is 2. The zero-order chi connectivity index (χ0) is 5.86. The fourth-order valence-corrected chi connectivity index (χ4v) is 0.0581. The molecule has 4 heteroatoms. The molecule has 0 aliphatic carbocycles. The summed E-state index contributed by atoms with van der Waals surface area (Å²) in [6.45, 7) is 0. The number of nitrogens with one attached hydrogen (secondary N) is 1. The number of hydrogen-bond donors (Lipinski definition) is 2. The highest BCUT2D eigenvalue weighted by atomic mass is 16.2.